The van der Waals surface area contributed by atoms with E-state index in [1.807, 2.05) is 0 Å². The molecule has 0 fully saturated rings. The molecule has 0 saturated carbocycles. The van der Waals surface area contributed by atoms with Crippen molar-refractivity contribution >= 4 is 5.91 Å². The first-order valence-electron chi connectivity index (χ1n) is 5.93. The minimum atomic E-state index is -0.466. The van der Waals surface area contributed by atoms with Crippen molar-refractivity contribution in [2.75, 3.05) is 7.11 Å². The number of nitrogens with one attached hydrogen (secondary N) is 1. The van der Waals surface area contributed by atoms with E-state index in [2.05, 4.69) is 20.8 Å². The molecule has 20 heavy (non-hydrogen) atoms. The Labute approximate surface area is 114 Å². The molecule has 1 N–H and O–H groups in total. The molecule has 0 spiro atoms. The Morgan fingerprint density at radius 1 is 1.55 bits per heavy atom. The number of ether oxygens (including phenoxy) is 1. The average Bonchev–Trinajstić information content (AvgIpc) is 2.91. The first kappa shape index (κ1) is 13.9. The van der Waals surface area contributed by atoms with Gasteiger partial charge in [0.15, 0.2) is 11.6 Å². The van der Waals surface area contributed by atoms with Gasteiger partial charge in [0, 0.05) is 0 Å². The van der Waals surface area contributed by atoms with Gasteiger partial charge in [-0.2, -0.15) is 0 Å². The Hall–Kier alpha value is -2.51. The highest BCUT2D eigenvalue weighted by Crippen LogP contribution is 2.21. The summed E-state index contributed by atoms with van der Waals surface area (Å²) in [6.07, 6.45) is 1.34. The van der Waals surface area contributed by atoms with E-state index in [0.717, 1.165) is 0 Å². The fraction of sp³-hybridized carbons (Fsp3) is 0.333. The van der Waals surface area contributed by atoms with E-state index in [9.17, 15) is 9.18 Å². The second-order valence-corrected chi connectivity index (χ2v) is 4.19. The van der Waals surface area contributed by atoms with E-state index >= 15 is 0 Å². The molecule has 1 amide bonds. The topological polar surface area (TPSA) is 81.9 Å². The molecule has 1 heterocycles. The van der Waals surface area contributed by atoms with Gasteiger partial charge in [0.1, 0.15) is 12.9 Å². The normalized spacial score (nSPS) is 11.9. The maximum absolute atomic E-state index is 13.6. The molecular formula is C12H14FN5O2. The molecule has 7 nitrogen and oxygen atoms in total. The number of hydrogen-bond acceptors (Lipinski definition) is 5. The quantitative estimate of drug-likeness (QED) is 0.871. The second kappa shape index (κ2) is 6.09. The van der Waals surface area contributed by atoms with Gasteiger partial charge < -0.3 is 10.1 Å². The average molecular weight is 279 g/mol. The molecule has 2 aromatic rings. The second-order valence-electron chi connectivity index (χ2n) is 4.19. The van der Waals surface area contributed by atoms with E-state index < -0.39 is 5.82 Å². The third-order valence-corrected chi connectivity index (χ3v) is 2.75. The largest absolute Gasteiger partial charge is 0.494 e. The first-order valence-corrected chi connectivity index (χ1v) is 5.93. The summed E-state index contributed by atoms with van der Waals surface area (Å²) in [5.74, 6) is -0.562. The molecule has 0 bridgehead atoms. The monoisotopic (exact) mass is 279 g/mol. The molecule has 0 aliphatic rings. The summed E-state index contributed by atoms with van der Waals surface area (Å²) >= 11 is 0. The van der Waals surface area contributed by atoms with Crippen LogP contribution in [0, 0.1) is 5.82 Å². The number of halogens is 1. The SMILES string of the molecule is COc1ccc(C(C)NC(=O)Cn2cnnn2)cc1F. The number of hydrogen-bond donors (Lipinski definition) is 1. The van der Waals surface area contributed by atoms with Gasteiger partial charge in [-0.3, -0.25) is 4.79 Å². The third kappa shape index (κ3) is 3.28. The molecule has 1 aromatic heterocycles. The van der Waals surface area contributed by atoms with Gasteiger partial charge >= 0.3 is 0 Å². The molecule has 1 aromatic carbocycles. The summed E-state index contributed by atoms with van der Waals surface area (Å²) < 4.78 is 19.7. The molecule has 2 rings (SSSR count). The Bertz CT molecular complexity index is 588. The van der Waals surface area contributed by atoms with Gasteiger partial charge in [-0.05, 0) is 35.0 Å². The van der Waals surface area contributed by atoms with Gasteiger partial charge in [-0.25, -0.2) is 9.07 Å². The zero-order valence-corrected chi connectivity index (χ0v) is 11.1. The lowest BCUT2D eigenvalue weighted by atomic mass is 10.1. The van der Waals surface area contributed by atoms with E-state index in [1.165, 1.54) is 30.3 Å². The zero-order valence-electron chi connectivity index (χ0n) is 11.1. The summed E-state index contributed by atoms with van der Waals surface area (Å²) in [4.78, 5) is 11.8. The lowest BCUT2D eigenvalue weighted by molar-refractivity contribution is -0.122. The van der Waals surface area contributed by atoms with Crippen molar-refractivity contribution in [1.82, 2.24) is 25.5 Å². The minimum Gasteiger partial charge on any atom is -0.494 e. The predicted molar refractivity (Wildman–Crippen MR) is 67.3 cm³/mol. The standard InChI is InChI=1S/C12H14FN5O2/c1-8(9-3-4-11(20-2)10(13)5-9)15-12(19)6-18-7-14-16-17-18/h3-5,7-8H,6H2,1-2H3,(H,15,19). The van der Waals surface area contributed by atoms with Crippen LogP contribution in [0.1, 0.15) is 18.5 Å². The molecule has 0 aliphatic heterocycles. The van der Waals surface area contributed by atoms with E-state index in [1.54, 1.807) is 13.0 Å². The van der Waals surface area contributed by atoms with Crippen LogP contribution < -0.4 is 10.1 Å². The van der Waals surface area contributed by atoms with Crippen LogP contribution >= 0.6 is 0 Å². The molecule has 8 heteroatoms. The Kier molecular flexibility index (Phi) is 4.24. The number of carbonyl (C=O) groups is 1. The summed E-state index contributed by atoms with van der Waals surface area (Å²) in [6, 6.07) is 4.22. The van der Waals surface area contributed by atoms with E-state index in [-0.39, 0.29) is 24.2 Å². The van der Waals surface area contributed by atoms with Crippen LogP contribution in [0.3, 0.4) is 0 Å². The van der Waals surface area contributed by atoms with Crippen LogP contribution in [0.15, 0.2) is 24.5 Å². The van der Waals surface area contributed by atoms with Crippen LogP contribution in [-0.4, -0.2) is 33.2 Å². The Morgan fingerprint density at radius 3 is 2.95 bits per heavy atom. The predicted octanol–water partition coefficient (Wildman–Crippen LogP) is 0.698. The van der Waals surface area contributed by atoms with Crippen molar-refractivity contribution in [1.29, 1.82) is 0 Å². The molecule has 0 radical (unpaired) electrons. The van der Waals surface area contributed by atoms with Crippen LogP contribution in [0.4, 0.5) is 4.39 Å². The van der Waals surface area contributed by atoms with Crippen LogP contribution in [0.2, 0.25) is 0 Å². The molecule has 0 saturated heterocycles. The van der Waals surface area contributed by atoms with Crippen molar-refractivity contribution in [3.8, 4) is 5.75 Å². The van der Waals surface area contributed by atoms with Crippen molar-refractivity contribution in [2.24, 2.45) is 0 Å². The number of amides is 1. The van der Waals surface area contributed by atoms with Crippen molar-refractivity contribution in [2.45, 2.75) is 19.5 Å². The molecule has 1 unspecified atom stereocenters. The van der Waals surface area contributed by atoms with Crippen LogP contribution in [-0.2, 0) is 11.3 Å². The van der Waals surface area contributed by atoms with Crippen molar-refractivity contribution in [3.63, 3.8) is 0 Å². The Balaban J connectivity index is 1.99. The highest BCUT2D eigenvalue weighted by Gasteiger charge is 2.12. The fourth-order valence-electron chi connectivity index (χ4n) is 1.72. The number of tetrazole rings is 1. The smallest absolute Gasteiger partial charge is 0.242 e. The molecular weight excluding hydrogens is 265 g/mol. The summed E-state index contributed by atoms with van der Waals surface area (Å²) in [5, 5.41) is 13.2. The van der Waals surface area contributed by atoms with Gasteiger partial charge in [0.25, 0.3) is 0 Å². The first-order chi connectivity index (χ1) is 9.60. The number of aromatic nitrogens is 4. The maximum Gasteiger partial charge on any atom is 0.242 e. The van der Waals surface area contributed by atoms with E-state index in [4.69, 9.17) is 4.74 Å². The summed E-state index contributed by atoms with van der Waals surface area (Å²) in [7, 11) is 1.40. The Morgan fingerprint density at radius 2 is 2.35 bits per heavy atom. The van der Waals surface area contributed by atoms with Crippen LogP contribution in [0.25, 0.3) is 0 Å². The number of carbonyl (C=O) groups excluding carboxylic acids is 1. The highest BCUT2D eigenvalue weighted by molar-refractivity contribution is 5.76. The van der Waals surface area contributed by atoms with Crippen molar-refractivity contribution < 1.29 is 13.9 Å². The fourth-order valence-corrected chi connectivity index (χ4v) is 1.72. The van der Waals surface area contributed by atoms with Gasteiger partial charge in [-0.1, -0.05) is 6.07 Å². The van der Waals surface area contributed by atoms with Gasteiger partial charge in [0.2, 0.25) is 5.91 Å². The van der Waals surface area contributed by atoms with Crippen LogP contribution in [0.5, 0.6) is 5.75 Å². The zero-order chi connectivity index (χ0) is 14.5. The maximum atomic E-state index is 13.6. The van der Waals surface area contributed by atoms with Gasteiger partial charge in [-0.15, -0.1) is 5.10 Å². The molecule has 1 atom stereocenters. The number of benzene rings is 1. The lowest BCUT2D eigenvalue weighted by Crippen LogP contribution is -2.30. The number of rotatable bonds is 5. The minimum absolute atomic E-state index is 0.00990. The summed E-state index contributed by atoms with van der Waals surface area (Å²) in [5.41, 5.74) is 0.647. The highest BCUT2D eigenvalue weighted by atomic mass is 19.1. The summed E-state index contributed by atoms with van der Waals surface area (Å²) in [6.45, 7) is 1.77. The molecule has 106 valence electrons. The van der Waals surface area contributed by atoms with Crippen molar-refractivity contribution in [3.05, 3.63) is 35.9 Å². The van der Waals surface area contributed by atoms with Gasteiger partial charge in [0.05, 0.1) is 13.2 Å². The lowest BCUT2D eigenvalue weighted by Gasteiger charge is -2.15. The van der Waals surface area contributed by atoms with E-state index in [0.29, 0.717) is 5.56 Å². The number of nitrogens with zero attached hydrogens (tertiary/aromatic N) is 4. The number of methoxy groups -OCH3 is 1. The third-order valence-electron chi connectivity index (χ3n) is 2.75. The molecule has 0 aliphatic carbocycles.